The van der Waals surface area contributed by atoms with Crippen LogP contribution in [0.2, 0.25) is 0 Å². The van der Waals surface area contributed by atoms with Gasteiger partial charge in [-0.2, -0.15) is 5.10 Å². The molecule has 0 saturated carbocycles. The number of ether oxygens (including phenoxy) is 1. The highest BCUT2D eigenvalue weighted by atomic mass is 35.5. The molecule has 0 saturated heterocycles. The van der Waals surface area contributed by atoms with Gasteiger partial charge in [-0.15, -0.1) is 12.4 Å². The van der Waals surface area contributed by atoms with Crippen LogP contribution >= 0.6 is 12.4 Å². The van der Waals surface area contributed by atoms with E-state index in [-0.39, 0.29) is 24.0 Å². The van der Waals surface area contributed by atoms with Gasteiger partial charge in [0.05, 0.1) is 19.9 Å². The molecule has 0 bridgehead atoms. The maximum atomic E-state index is 13.2. The van der Waals surface area contributed by atoms with E-state index in [1.165, 1.54) is 13.2 Å². The standard InChI is InChI=1S/C12H14FN3O.ClH/c1-17-12-6-9(2-3-11(12)13)10-7-15-16(8-10)5-4-14;/h2-3,6-8H,4-5,14H2,1H3;1H. The van der Waals surface area contributed by atoms with E-state index in [1.807, 2.05) is 6.20 Å². The Hall–Kier alpha value is -1.59. The molecule has 0 aliphatic heterocycles. The minimum atomic E-state index is -0.370. The molecule has 0 atom stereocenters. The van der Waals surface area contributed by atoms with Crippen LogP contribution in [0.1, 0.15) is 0 Å². The minimum absolute atomic E-state index is 0. The fourth-order valence-electron chi connectivity index (χ4n) is 1.61. The average Bonchev–Trinajstić information content (AvgIpc) is 2.79. The lowest BCUT2D eigenvalue weighted by Gasteiger charge is -2.03. The van der Waals surface area contributed by atoms with Gasteiger partial charge in [-0.05, 0) is 17.7 Å². The van der Waals surface area contributed by atoms with Crippen LogP contribution in [0.3, 0.4) is 0 Å². The van der Waals surface area contributed by atoms with E-state index >= 15 is 0 Å². The van der Waals surface area contributed by atoms with Crippen LogP contribution in [0, 0.1) is 5.82 Å². The summed E-state index contributed by atoms with van der Waals surface area (Å²) in [5, 5.41) is 4.16. The quantitative estimate of drug-likeness (QED) is 0.926. The van der Waals surface area contributed by atoms with Gasteiger partial charge in [0.2, 0.25) is 0 Å². The molecular formula is C12H15ClFN3O. The Morgan fingerprint density at radius 2 is 2.17 bits per heavy atom. The molecule has 98 valence electrons. The second-order valence-corrected chi connectivity index (χ2v) is 3.63. The van der Waals surface area contributed by atoms with Gasteiger partial charge < -0.3 is 10.5 Å². The van der Waals surface area contributed by atoms with Gasteiger partial charge in [-0.25, -0.2) is 4.39 Å². The van der Waals surface area contributed by atoms with Crippen LogP contribution in [-0.2, 0) is 6.54 Å². The summed E-state index contributed by atoms with van der Waals surface area (Å²) < 4.78 is 19.9. The third kappa shape index (κ3) is 3.00. The van der Waals surface area contributed by atoms with E-state index in [2.05, 4.69) is 5.10 Å². The second kappa shape index (κ2) is 6.37. The zero-order valence-corrected chi connectivity index (χ0v) is 10.8. The Morgan fingerprint density at radius 3 is 2.83 bits per heavy atom. The van der Waals surface area contributed by atoms with Crippen molar-refractivity contribution in [3.63, 3.8) is 0 Å². The van der Waals surface area contributed by atoms with Crippen LogP contribution in [-0.4, -0.2) is 23.4 Å². The number of rotatable bonds is 4. The predicted octanol–water partition coefficient (Wildman–Crippen LogP) is 2.08. The molecule has 1 aromatic carbocycles. The van der Waals surface area contributed by atoms with Crippen molar-refractivity contribution >= 4 is 12.4 Å². The van der Waals surface area contributed by atoms with Crippen molar-refractivity contribution in [1.82, 2.24) is 9.78 Å². The molecule has 6 heteroatoms. The van der Waals surface area contributed by atoms with Crippen LogP contribution in [0.15, 0.2) is 30.6 Å². The van der Waals surface area contributed by atoms with E-state index in [0.717, 1.165) is 11.1 Å². The van der Waals surface area contributed by atoms with Crippen LogP contribution < -0.4 is 10.5 Å². The largest absolute Gasteiger partial charge is 0.494 e. The van der Waals surface area contributed by atoms with E-state index < -0.39 is 0 Å². The van der Waals surface area contributed by atoms with E-state index in [0.29, 0.717) is 13.1 Å². The molecule has 1 heterocycles. The Kier molecular flexibility index (Phi) is 5.12. The van der Waals surface area contributed by atoms with Crippen LogP contribution in [0.25, 0.3) is 11.1 Å². The Balaban J connectivity index is 0.00000162. The molecule has 2 N–H and O–H groups in total. The minimum Gasteiger partial charge on any atom is -0.494 e. The molecule has 0 amide bonds. The first-order valence-corrected chi connectivity index (χ1v) is 5.31. The topological polar surface area (TPSA) is 53.1 Å². The molecule has 2 rings (SSSR count). The van der Waals surface area contributed by atoms with Crippen LogP contribution in [0.5, 0.6) is 5.75 Å². The molecule has 2 aromatic rings. The zero-order chi connectivity index (χ0) is 12.3. The van der Waals surface area contributed by atoms with Crippen molar-refractivity contribution in [2.45, 2.75) is 6.54 Å². The summed E-state index contributed by atoms with van der Waals surface area (Å²) in [7, 11) is 1.44. The molecule has 0 aliphatic rings. The fraction of sp³-hybridized carbons (Fsp3) is 0.250. The SMILES string of the molecule is COc1cc(-c2cnn(CCN)c2)ccc1F.Cl. The number of aromatic nitrogens is 2. The Morgan fingerprint density at radius 1 is 1.39 bits per heavy atom. The van der Waals surface area contributed by atoms with Crippen molar-refractivity contribution in [1.29, 1.82) is 0 Å². The van der Waals surface area contributed by atoms with Gasteiger partial charge in [-0.1, -0.05) is 6.07 Å². The number of methoxy groups -OCH3 is 1. The smallest absolute Gasteiger partial charge is 0.165 e. The molecular weight excluding hydrogens is 257 g/mol. The highest BCUT2D eigenvalue weighted by Crippen LogP contribution is 2.25. The first kappa shape index (κ1) is 14.5. The first-order chi connectivity index (χ1) is 8.24. The van der Waals surface area contributed by atoms with Crippen molar-refractivity contribution in [3.05, 3.63) is 36.4 Å². The fourth-order valence-corrected chi connectivity index (χ4v) is 1.61. The van der Waals surface area contributed by atoms with Gasteiger partial charge in [0.25, 0.3) is 0 Å². The Bertz CT molecular complexity index is 516. The third-order valence-corrected chi connectivity index (χ3v) is 2.48. The Labute approximate surface area is 111 Å². The summed E-state index contributed by atoms with van der Waals surface area (Å²) >= 11 is 0. The van der Waals surface area contributed by atoms with Gasteiger partial charge in [0, 0.05) is 18.3 Å². The second-order valence-electron chi connectivity index (χ2n) is 3.63. The lowest BCUT2D eigenvalue weighted by atomic mass is 10.1. The number of nitrogens with two attached hydrogens (primary N) is 1. The molecule has 0 aliphatic carbocycles. The zero-order valence-electron chi connectivity index (χ0n) is 9.97. The van der Waals surface area contributed by atoms with E-state index in [9.17, 15) is 4.39 Å². The van der Waals surface area contributed by atoms with Crippen LogP contribution in [0.4, 0.5) is 4.39 Å². The number of halogens is 2. The number of hydrogen-bond donors (Lipinski definition) is 1. The number of benzene rings is 1. The van der Waals surface area contributed by atoms with Gasteiger partial charge in [0.15, 0.2) is 11.6 Å². The van der Waals surface area contributed by atoms with E-state index in [4.69, 9.17) is 10.5 Å². The van der Waals surface area contributed by atoms with Crippen molar-refractivity contribution in [3.8, 4) is 16.9 Å². The maximum absolute atomic E-state index is 13.2. The maximum Gasteiger partial charge on any atom is 0.165 e. The first-order valence-electron chi connectivity index (χ1n) is 5.31. The molecule has 0 spiro atoms. The summed E-state index contributed by atoms with van der Waals surface area (Å²) in [5.74, 6) is -0.139. The normalized spacial score (nSPS) is 9.94. The van der Waals surface area contributed by atoms with Crippen molar-refractivity contribution < 1.29 is 9.13 Å². The molecule has 0 radical (unpaired) electrons. The van der Waals surface area contributed by atoms with Gasteiger partial charge in [-0.3, -0.25) is 4.68 Å². The summed E-state index contributed by atoms with van der Waals surface area (Å²) in [6, 6.07) is 4.73. The molecule has 0 fully saturated rings. The summed E-state index contributed by atoms with van der Waals surface area (Å²) in [6.07, 6.45) is 3.60. The molecule has 0 unspecified atom stereocenters. The summed E-state index contributed by atoms with van der Waals surface area (Å²) in [5.41, 5.74) is 7.22. The molecule has 18 heavy (non-hydrogen) atoms. The van der Waals surface area contributed by atoms with Gasteiger partial charge in [0.1, 0.15) is 0 Å². The lowest BCUT2D eigenvalue weighted by Crippen LogP contribution is -2.09. The highest BCUT2D eigenvalue weighted by molar-refractivity contribution is 5.85. The van der Waals surface area contributed by atoms with E-state index in [1.54, 1.807) is 23.0 Å². The van der Waals surface area contributed by atoms with Crippen molar-refractivity contribution in [2.24, 2.45) is 5.73 Å². The number of hydrogen-bond acceptors (Lipinski definition) is 3. The van der Waals surface area contributed by atoms with Gasteiger partial charge >= 0.3 is 0 Å². The highest BCUT2D eigenvalue weighted by Gasteiger charge is 2.06. The average molecular weight is 272 g/mol. The number of nitrogens with zero attached hydrogens (tertiary/aromatic N) is 2. The summed E-state index contributed by atoms with van der Waals surface area (Å²) in [4.78, 5) is 0. The predicted molar refractivity (Wildman–Crippen MR) is 70.5 cm³/mol. The van der Waals surface area contributed by atoms with Crippen molar-refractivity contribution in [2.75, 3.05) is 13.7 Å². The monoisotopic (exact) mass is 271 g/mol. The lowest BCUT2D eigenvalue weighted by molar-refractivity contribution is 0.387. The third-order valence-electron chi connectivity index (χ3n) is 2.48. The molecule has 1 aromatic heterocycles. The summed E-state index contributed by atoms with van der Waals surface area (Å²) in [6.45, 7) is 1.20. The molecule has 4 nitrogen and oxygen atoms in total.